The van der Waals surface area contributed by atoms with Crippen molar-refractivity contribution in [2.24, 2.45) is 0 Å². The Bertz CT molecular complexity index is 798. The number of hydrogen-bond donors (Lipinski definition) is 1. The zero-order valence-electron chi connectivity index (χ0n) is 13.7. The molecule has 4 heteroatoms. The first-order chi connectivity index (χ1) is 12.3. The summed E-state index contributed by atoms with van der Waals surface area (Å²) in [7, 11) is -2.28. The molecule has 3 aromatic rings. The van der Waals surface area contributed by atoms with Crippen LogP contribution in [-0.4, -0.2) is 0 Å². The van der Waals surface area contributed by atoms with Crippen molar-refractivity contribution in [1.29, 1.82) is 0 Å². The van der Waals surface area contributed by atoms with Gasteiger partial charge in [-0.2, -0.15) is 0 Å². The molecule has 126 valence electrons. The molecule has 3 aromatic carbocycles. The van der Waals surface area contributed by atoms with Gasteiger partial charge in [0.2, 0.25) is 0 Å². The van der Waals surface area contributed by atoms with Gasteiger partial charge in [0.05, 0.1) is 6.04 Å². The summed E-state index contributed by atoms with van der Waals surface area (Å²) in [4.78, 5) is 12.9. The molecule has 3 nitrogen and oxygen atoms in total. The Balaban J connectivity index is 1.71. The zero-order valence-corrected chi connectivity index (χ0v) is 14.7. The smallest absolute Gasteiger partial charge is 0.165 e. The van der Waals surface area contributed by atoms with Gasteiger partial charge in [0.1, 0.15) is 14.5 Å². The molecule has 1 aliphatic heterocycles. The molecule has 1 fully saturated rings. The van der Waals surface area contributed by atoms with E-state index in [4.69, 9.17) is 4.52 Å². The fraction of sp³-hybridized carbons (Fsp3) is 0.143. The average Bonchev–Trinajstić information content (AvgIpc) is 2.70. The van der Waals surface area contributed by atoms with Crippen molar-refractivity contribution in [1.82, 2.24) is 5.32 Å². The van der Waals surface area contributed by atoms with Crippen molar-refractivity contribution in [3.05, 3.63) is 108 Å². The lowest BCUT2D eigenvalue weighted by Gasteiger charge is -2.39. The van der Waals surface area contributed by atoms with E-state index in [-0.39, 0.29) is 17.9 Å². The van der Waals surface area contributed by atoms with E-state index in [0.29, 0.717) is 0 Å². The molecule has 1 heterocycles. The molecule has 0 saturated carbocycles. The summed E-state index contributed by atoms with van der Waals surface area (Å²) in [5.74, 6) is -0.281. The highest BCUT2D eigenvalue weighted by atomic mass is 31.2. The third kappa shape index (κ3) is 3.51. The molecule has 0 radical (unpaired) electrons. The van der Waals surface area contributed by atoms with Gasteiger partial charge in [-0.1, -0.05) is 91.0 Å². The van der Waals surface area contributed by atoms with Gasteiger partial charge < -0.3 is 4.89 Å². The van der Waals surface area contributed by atoms with E-state index in [2.05, 4.69) is 17.4 Å². The SMILES string of the molecule is [O-][PH+]1O[C@@H](c2ccccc2)[C@@H](c2ccccc2)N[C@H]1c1ccccc1. The second kappa shape index (κ2) is 7.47. The van der Waals surface area contributed by atoms with E-state index < -0.39 is 8.38 Å². The largest absolute Gasteiger partial charge is 0.656 e. The van der Waals surface area contributed by atoms with Crippen LogP contribution in [0.1, 0.15) is 34.6 Å². The van der Waals surface area contributed by atoms with Gasteiger partial charge in [-0.15, -0.1) is 0 Å². The quantitative estimate of drug-likeness (QED) is 0.721. The first-order valence-electron chi connectivity index (χ1n) is 8.44. The van der Waals surface area contributed by atoms with Gasteiger partial charge in [0.15, 0.2) is 5.78 Å². The summed E-state index contributed by atoms with van der Waals surface area (Å²) < 4.78 is 6.09. The van der Waals surface area contributed by atoms with Crippen LogP contribution in [0.2, 0.25) is 0 Å². The van der Waals surface area contributed by atoms with E-state index >= 15 is 0 Å². The van der Waals surface area contributed by atoms with Gasteiger partial charge in [0.25, 0.3) is 0 Å². The molecular weight excluding hydrogens is 329 g/mol. The highest BCUT2D eigenvalue weighted by Gasteiger charge is 2.40. The van der Waals surface area contributed by atoms with E-state index in [0.717, 1.165) is 16.7 Å². The molecule has 1 aliphatic rings. The normalized spacial score (nSPS) is 26.3. The minimum absolute atomic E-state index is 0.0588. The van der Waals surface area contributed by atoms with Crippen LogP contribution >= 0.6 is 8.38 Å². The molecule has 4 rings (SSSR count). The molecule has 1 saturated heterocycles. The first kappa shape index (κ1) is 16.4. The number of benzene rings is 3. The maximum Gasteiger partial charge on any atom is 0.165 e. The van der Waals surface area contributed by atoms with Crippen molar-refractivity contribution >= 4 is 8.38 Å². The Morgan fingerprint density at radius 3 is 1.72 bits per heavy atom. The topological polar surface area (TPSA) is 44.3 Å². The summed E-state index contributed by atoms with van der Waals surface area (Å²) in [6.45, 7) is 0. The lowest BCUT2D eigenvalue weighted by molar-refractivity contribution is -0.193. The molecule has 0 aromatic heterocycles. The van der Waals surface area contributed by atoms with E-state index in [9.17, 15) is 4.89 Å². The monoisotopic (exact) mass is 349 g/mol. The van der Waals surface area contributed by atoms with E-state index in [1.54, 1.807) is 0 Å². The second-order valence-corrected chi connectivity index (χ2v) is 7.62. The molecule has 1 N–H and O–H groups in total. The van der Waals surface area contributed by atoms with Crippen LogP contribution < -0.4 is 10.2 Å². The van der Waals surface area contributed by atoms with Crippen LogP contribution in [-0.2, 0) is 4.52 Å². The van der Waals surface area contributed by atoms with Gasteiger partial charge in [-0.3, -0.25) is 5.32 Å². The Kier molecular flexibility index (Phi) is 4.91. The minimum Gasteiger partial charge on any atom is -0.656 e. The van der Waals surface area contributed by atoms with Crippen LogP contribution in [0.4, 0.5) is 0 Å². The van der Waals surface area contributed by atoms with E-state index in [1.807, 2.05) is 78.9 Å². The number of rotatable bonds is 3. The molecule has 1 unspecified atom stereocenters. The summed E-state index contributed by atoms with van der Waals surface area (Å²) in [6, 6.07) is 30.1. The van der Waals surface area contributed by atoms with Crippen LogP contribution in [0.3, 0.4) is 0 Å². The molecule has 0 spiro atoms. The highest BCUT2D eigenvalue weighted by Crippen LogP contribution is 2.55. The predicted molar refractivity (Wildman–Crippen MR) is 100 cm³/mol. The highest BCUT2D eigenvalue weighted by molar-refractivity contribution is 7.45. The van der Waals surface area contributed by atoms with E-state index in [1.165, 1.54) is 0 Å². The lowest BCUT2D eigenvalue weighted by atomic mass is 9.95. The zero-order chi connectivity index (χ0) is 17.1. The molecule has 0 amide bonds. The maximum absolute atomic E-state index is 12.9. The Morgan fingerprint density at radius 2 is 1.16 bits per heavy atom. The molecule has 25 heavy (non-hydrogen) atoms. The number of nitrogens with one attached hydrogen (secondary N) is 1. The Morgan fingerprint density at radius 1 is 0.680 bits per heavy atom. The van der Waals surface area contributed by atoms with Crippen LogP contribution in [0.25, 0.3) is 0 Å². The summed E-state index contributed by atoms with van der Waals surface area (Å²) in [5, 5.41) is 3.59. The summed E-state index contributed by atoms with van der Waals surface area (Å²) in [5.41, 5.74) is 3.17. The Hall–Kier alpha value is -2.03. The van der Waals surface area contributed by atoms with Crippen molar-refractivity contribution < 1.29 is 9.42 Å². The van der Waals surface area contributed by atoms with Crippen molar-refractivity contribution in [3.63, 3.8) is 0 Å². The van der Waals surface area contributed by atoms with Gasteiger partial charge >= 0.3 is 0 Å². The van der Waals surface area contributed by atoms with Crippen LogP contribution in [0.5, 0.6) is 0 Å². The molecule has 4 atom stereocenters. The summed E-state index contributed by atoms with van der Waals surface area (Å²) >= 11 is 0. The third-order valence-electron chi connectivity index (χ3n) is 4.55. The maximum atomic E-state index is 12.9. The minimum atomic E-state index is -2.28. The Labute approximate surface area is 149 Å². The molecule has 0 bridgehead atoms. The second-order valence-electron chi connectivity index (χ2n) is 6.17. The van der Waals surface area contributed by atoms with Crippen molar-refractivity contribution in [2.45, 2.75) is 17.9 Å². The van der Waals surface area contributed by atoms with Crippen molar-refractivity contribution in [2.75, 3.05) is 0 Å². The van der Waals surface area contributed by atoms with Gasteiger partial charge in [-0.05, 0) is 11.1 Å². The van der Waals surface area contributed by atoms with Crippen molar-refractivity contribution in [3.8, 4) is 0 Å². The fourth-order valence-corrected chi connectivity index (χ4v) is 4.75. The first-order valence-corrected chi connectivity index (χ1v) is 9.84. The van der Waals surface area contributed by atoms with Gasteiger partial charge in [0, 0.05) is 5.56 Å². The third-order valence-corrected chi connectivity index (χ3v) is 6.01. The summed E-state index contributed by atoms with van der Waals surface area (Å²) in [6.07, 6.45) is -0.269. The standard InChI is InChI=1S/C21H20NO2P/c23-25-21(18-14-8-3-9-15-18)22-19(16-10-4-1-5-11-16)20(24-25)17-12-6-2-7-13-17/h1-15,19-22,25H/t19-,20+,21-/m1/s1. The molecule has 0 aliphatic carbocycles. The molecular formula is C21H20NO2P. The number of hydrogen-bond acceptors (Lipinski definition) is 3. The van der Waals surface area contributed by atoms with Crippen LogP contribution in [0.15, 0.2) is 91.0 Å². The predicted octanol–water partition coefficient (Wildman–Crippen LogP) is 4.19. The lowest BCUT2D eigenvalue weighted by Crippen LogP contribution is -2.38. The fourth-order valence-electron chi connectivity index (χ4n) is 3.31. The van der Waals surface area contributed by atoms with Gasteiger partial charge in [-0.25, -0.2) is 4.52 Å². The van der Waals surface area contributed by atoms with Crippen LogP contribution in [0, 0.1) is 0 Å². The average molecular weight is 349 g/mol.